The summed E-state index contributed by atoms with van der Waals surface area (Å²) in [6, 6.07) is 5.43. The van der Waals surface area contributed by atoms with Crippen LogP contribution in [0.4, 0.5) is 0 Å². The zero-order valence-corrected chi connectivity index (χ0v) is 9.56. The van der Waals surface area contributed by atoms with Gasteiger partial charge in [0.1, 0.15) is 5.75 Å². The van der Waals surface area contributed by atoms with Crippen molar-refractivity contribution in [2.75, 3.05) is 6.54 Å². The second-order valence-electron chi connectivity index (χ2n) is 2.78. The van der Waals surface area contributed by atoms with Crippen molar-refractivity contribution in [1.82, 2.24) is 5.32 Å². The van der Waals surface area contributed by atoms with Gasteiger partial charge in [0.05, 0.1) is 11.0 Å². The Balaban J connectivity index is 2.57. The molecule has 0 aliphatic heterocycles. The minimum atomic E-state index is 0.269. The lowest BCUT2D eigenvalue weighted by Crippen LogP contribution is -2.13. The first-order chi connectivity index (χ1) is 6.75. The Morgan fingerprint density at radius 3 is 3.00 bits per heavy atom. The van der Waals surface area contributed by atoms with Crippen LogP contribution < -0.4 is 5.32 Å². The molecule has 0 saturated carbocycles. The van der Waals surface area contributed by atoms with Crippen LogP contribution in [0.3, 0.4) is 0 Å². The van der Waals surface area contributed by atoms with Gasteiger partial charge in [-0.2, -0.15) is 0 Å². The molecule has 2 nitrogen and oxygen atoms in total. The maximum atomic E-state index is 9.40. The monoisotopic (exact) mass is 253 g/mol. The lowest BCUT2D eigenvalue weighted by atomic mass is 10.2. The highest BCUT2D eigenvalue weighted by molar-refractivity contribution is 9.10. The molecule has 0 unspecified atom stereocenters. The van der Waals surface area contributed by atoms with E-state index in [0.717, 1.165) is 10.0 Å². The van der Waals surface area contributed by atoms with Crippen molar-refractivity contribution in [3.05, 3.63) is 28.2 Å². The molecule has 0 atom stereocenters. The molecule has 0 aliphatic rings. The van der Waals surface area contributed by atoms with Crippen LogP contribution in [0.15, 0.2) is 22.7 Å². The minimum Gasteiger partial charge on any atom is -0.507 e. The highest BCUT2D eigenvalue weighted by Gasteiger charge is 2.02. The van der Waals surface area contributed by atoms with Crippen molar-refractivity contribution in [2.24, 2.45) is 0 Å². The molecular weight excluding hydrogens is 242 g/mol. The van der Waals surface area contributed by atoms with Gasteiger partial charge in [-0.3, -0.25) is 0 Å². The summed E-state index contributed by atoms with van der Waals surface area (Å²) in [4.78, 5) is 0. The summed E-state index contributed by atoms with van der Waals surface area (Å²) in [6.45, 7) is 3.17. The van der Waals surface area contributed by atoms with Gasteiger partial charge < -0.3 is 10.4 Å². The summed E-state index contributed by atoms with van der Waals surface area (Å²) in [5.74, 6) is 5.99. The fraction of sp³-hybridized carbons (Fsp3) is 0.273. The summed E-state index contributed by atoms with van der Waals surface area (Å²) in [5.41, 5.74) is 1.03. The van der Waals surface area contributed by atoms with Crippen molar-refractivity contribution in [1.29, 1.82) is 0 Å². The highest BCUT2D eigenvalue weighted by Crippen LogP contribution is 2.26. The number of halogens is 1. The maximum Gasteiger partial charge on any atom is 0.130 e. The Hall–Kier alpha value is -0.980. The van der Waals surface area contributed by atoms with Crippen molar-refractivity contribution < 1.29 is 5.11 Å². The second kappa shape index (κ2) is 5.69. The van der Waals surface area contributed by atoms with E-state index in [-0.39, 0.29) is 5.75 Å². The van der Waals surface area contributed by atoms with E-state index < -0.39 is 0 Å². The SMILES string of the molecule is CC#CCNCc1cccc(O)c1Br. The molecular formula is C11H12BrNO. The molecule has 14 heavy (non-hydrogen) atoms. The third-order valence-corrected chi connectivity index (χ3v) is 2.68. The smallest absolute Gasteiger partial charge is 0.130 e. The first kappa shape index (κ1) is 11.1. The molecule has 74 valence electrons. The van der Waals surface area contributed by atoms with Crippen LogP contribution >= 0.6 is 15.9 Å². The molecule has 0 heterocycles. The number of hydrogen-bond acceptors (Lipinski definition) is 2. The predicted octanol–water partition coefficient (Wildman–Crippen LogP) is 2.27. The van der Waals surface area contributed by atoms with Crippen LogP contribution in [-0.4, -0.2) is 11.7 Å². The number of nitrogens with one attached hydrogen (secondary N) is 1. The average molecular weight is 254 g/mol. The molecule has 1 rings (SSSR count). The van der Waals surface area contributed by atoms with Crippen molar-refractivity contribution in [3.63, 3.8) is 0 Å². The first-order valence-corrected chi connectivity index (χ1v) is 5.11. The number of rotatable bonds is 3. The van der Waals surface area contributed by atoms with E-state index in [1.807, 2.05) is 19.1 Å². The zero-order valence-electron chi connectivity index (χ0n) is 7.97. The van der Waals surface area contributed by atoms with E-state index >= 15 is 0 Å². The molecule has 1 aromatic carbocycles. The van der Waals surface area contributed by atoms with Crippen LogP contribution in [-0.2, 0) is 6.54 Å². The van der Waals surface area contributed by atoms with E-state index in [0.29, 0.717) is 13.1 Å². The van der Waals surface area contributed by atoms with Crippen molar-refractivity contribution >= 4 is 15.9 Å². The Morgan fingerprint density at radius 2 is 2.29 bits per heavy atom. The molecule has 3 heteroatoms. The lowest BCUT2D eigenvalue weighted by molar-refractivity contribution is 0.470. The Labute approximate surface area is 92.5 Å². The van der Waals surface area contributed by atoms with E-state index in [1.54, 1.807) is 6.07 Å². The van der Waals surface area contributed by atoms with E-state index in [1.165, 1.54) is 0 Å². The Kier molecular flexibility index (Phi) is 4.51. The molecule has 0 aromatic heterocycles. The van der Waals surface area contributed by atoms with Crippen LogP contribution in [0, 0.1) is 11.8 Å². The van der Waals surface area contributed by atoms with Crippen LogP contribution in [0.2, 0.25) is 0 Å². The number of phenolic OH excluding ortho intramolecular Hbond substituents is 1. The van der Waals surface area contributed by atoms with Crippen LogP contribution in [0.5, 0.6) is 5.75 Å². The topological polar surface area (TPSA) is 32.3 Å². The van der Waals surface area contributed by atoms with Crippen LogP contribution in [0.1, 0.15) is 12.5 Å². The third kappa shape index (κ3) is 3.06. The van der Waals surface area contributed by atoms with Gasteiger partial charge in [0, 0.05) is 6.54 Å². The molecule has 0 fully saturated rings. The summed E-state index contributed by atoms with van der Waals surface area (Å²) in [5, 5.41) is 12.6. The van der Waals surface area contributed by atoms with Gasteiger partial charge in [0.2, 0.25) is 0 Å². The summed E-state index contributed by atoms with van der Waals surface area (Å²) < 4.78 is 0.747. The Bertz CT molecular complexity index is 365. The van der Waals surface area contributed by atoms with Crippen molar-refractivity contribution in [2.45, 2.75) is 13.5 Å². The molecule has 0 aliphatic carbocycles. The van der Waals surface area contributed by atoms with Crippen LogP contribution in [0.25, 0.3) is 0 Å². The lowest BCUT2D eigenvalue weighted by Gasteiger charge is -2.05. The largest absolute Gasteiger partial charge is 0.507 e. The predicted molar refractivity (Wildman–Crippen MR) is 61.0 cm³/mol. The first-order valence-electron chi connectivity index (χ1n) is 4.32. The van der Waals surface area contributed by atoms with Gasteiger partial charge in [-0.1, -0.05) is 18.1 Å². The fourth-order valence-corrected chi connectivity index (χ4v) is 1.46. The van der Waals surface area contributed by atoms with Gasteiger partial charge in [0.25, 0.3) is 0 Å². The van der Waals surface area contributed by atoms with Gasteiger partial charge in [0.15, 0.2) is 0 Å². The molecule has 2 N–H and O–H groups in total. The minimum absolute atomic E-state index is 0.269. The average Bonchev–Trinajstić information content (AvgIpc) is 2.19. The molecule has 1 aromatic rings. The van der Waals surface area contributed by atoms with Gasteiger partial charge in [-0.15, -0.1) is 5.92 Å². The number of aromatic hydroxyl groups is 1. The zero-order chi connectivity index (χ0) is 10.4. The molecule has 0 saturated heterocycles. The molecule has 0 amide bonds. The summed E-state index contributed by atoms with van der Waals surface area (Å²) >= 11 is 3.32. The number of phenols is 1. The quantitative estimate of drug-likeness (QED) is 0.640. The summed E-state index contributed by atoms with van der Waals surface area (Å²) in [7, 11) is 0. The second-order valence-corrected chi connectivity index (χ2v) is 3.57. The number of hydrogen-bond donors (Lipinski definition) is 2. The van der Waals surface area contributed by atoms with E-state index in [4.69, 9.17) is 0 Å². The van der Waals surface area contributed by atoms with Gasteiger partial charge in [-0.05, 0) is 34.5 Å². The van der Waals surface area contributed by atoms with Gasteiger partial charge >= 0.3 is 0 Å². The van der Waals surface area contributed by atoms with E-state index in [2.05, 4.69) is 33.1 Å². The maximum absolute atomic E-state index is 9.40. The third-order valence-electron chi connectivity index (χ3n) is 1.76. The van der Waals surface area contributed by atoms with Crippen molar-refractivity contribution in [3.8, 4) is 17.6 Å². The molecule has 0 spiro atoms. The fourth-order valence-electron chi connectivity index (χ4n) is 1.05. The highest BCUT2D eigenvalue weighted by atomic mass is 79.9. The molecule has 0 bridgehead atoms. The molecule has 0 radical (unpaired) electrons. The normalized spacial score (nSPS) is 9.29. The van der Waals surface area contributed by atoms with Gasteiger partial charge in [-0.25, -0.2) is 0 Å². The Morgan fingerprint density at radius 1 is 1.50 bits per heavy atom. The summed E-state index contributed by atoms with van der Waals surface area (Å²) in [6.07, 6.45) is 0. The number of benzene rings is 1. The van der Waals surface area contributed by atoms with E-state index in [9.17, 15) is 5.11 Å². The standard InChI is InChI=1S/C11H12BrNO/c1-2-3-7-13-8-9-5-4-6-10(14)11(9)12/h4-6,13-14H,7-8H2,1H3.